The lowest BCUT2D eigenvalue weighted by Crippen LogP contribution is -2.56. The van der Waals surface area contributed by atoms with Gasteiger partial charge in [-0.05, 0) is 31.0 Å². The van der Waals surface area contributed by atoms with Crippen LogP contribution in [0.25, 0.3) is 0 Å². The summed E-state index contributed by atoms with van der Waals surface area (Å²) in [4.78, 5) is 11.3. The van der Waals surface area contributed by atoms with Crippen molar-refractivity contribution in [2.45, 2.75) is 31.9 Å². The van der Waals surface area contributed by atoms with E-state index in [1.807, 2.05) is 0 Å². The van der Waals surface area contributed by atoms with Crippen LogP contribution in [0, 0.1) is 13.8 Å². The molecule has 1 aromatic carbocycles. The molecule has 1 aromatic rings. The zero-order chi connectivity index (χ0) is 15.9. The smallest absolute Gasteiger partial charge is 0.287 e. The Hall–Kier alpha value is -1.60. The van der Waals surface area contributed by atoms with Crippen molar-refractivity contribution in [3.8, 4) is 0 Å². The van der Waals surface area contributed by atoms with Crippen molar-refractivity contribution in [1.29, 1.82) is 0 Å². The molecular formula is C12H9F7O. The molecule has 0 radical (unpaired) electrons. The van der Waals surface area contributed by atoms with Gasteiger partial charge in [0.2, 0.25) is 5.78 Å². The summed E-state index contributed by atoms with van der Waals surface area (Å²) in [5.41, 5.74) is -0.00329. The van der Waals surface area contributed by atoms with E-state index in [4.69, 9.17) is 0 Å². The summed E-state index contributed by atoms with van der Waals surface area (Å²) in [5.74, 6) is -14.9. The number of carbonyl (C=O) groups is 1. The van der Waals surface area contributed by atoms with E-state index >= 15 is 0 Å². The molecule has 1 nitrogen and oxygen atoms in total. The summed E-state index contributed by atoms with van der Waals surface area (Å²) in [6, 6.07) is 2.81. The molecule has 0 spiro atoms. The molecule has 0 atom stereocenters. The Labute approximate surface area is 109 Å². The van der Waals surface area contributed by atoms with Crippen molar-refractivity contribution >= 4 is 5.78 Å². The molecule has 0 N–H and O–H groups in total. The molecule has 112 valence electrons. The Bertz CT molecular complexity index is 531. The standard InChI is InChI=1S/C12H9F7O/c1-6-3-4-8(5-7(6)2)9(20)10(13,14)11(15,16)12(17,18)19/h3-5H,1-2H3. The molecule has 0 aliphatic rings. The second-order valence-corrected chi connectivity index (χ2v) is 4.27. The molecule has 0 unspecified atom stereocenters. The van der Waals surface area contributed by atoms with Crippen molar-refractivity contribution in [1.82, 2.24) is 0 Å². The maximum absolute atomic E-state index is 13.2. The van der Waals surface area contributed by atoms with Crippen molar-refractivity contribution in [2.75, 3.05) is 0 Å². The zero-order valence-corrected chi connectivity index (χ0v) is 10.3. The van der Waals surface area contributed by atoms with Crippen LogP contribution in [0.5, 0.6) is 0 Å². The fourth-order valence-corrected chi connectivity index (χ4v) is 1.38. The van der Waals surface area contributed by atoms with Crippen LogP contribution >= 0.6 is 0 Å². The van der Waals surface area contributed by atoms with Gasteiger partial charge < -0.3 is 0 Å². The predicted octanol–water partition coefficient (Wildman–Crippen LogP) is 4.32. The van der Waals surface area contributed by atoms with Gasteiger partial charge in [0, 0.05) is 5.56 Å². The Morgan fingerprint density at radius 2 is 1.40 bits per heavy atom. The highest BCUT2D eigenvalue weighted by molar-refractivity contribution is 6.02. The van der Waals surface area contributed by atoms with Crippen LogP contribution in [0.2, 0.25) is 0 Å². The van der Waals surface area contributed by atoms with Crippen LogP contribution in [-0.4, -0.2) is 23.8 Å². The first kappa shape index (κ1) is 16.5. The molecule has 0 amide bonds. The Morgan fingerprint density at radius 1 is 0.900 bits per heavy atom. The Balaban J connectivity index is 3.28. The summed E-state index contributed by atoms with van der Waals surface area (Å²) < 4.78 is 87.7. The summed E-state index contributed by atoms with van der Waals surface area (Å²) in [7, 11) is 0. The van der Waals surface area contributed by atoms with E-state index in [-0.39, 0.29) is 0 Å². The van der Waals surface area contributed by atoms with E-state index < -0.39 is 29.4 Å². The maximum Gasteiger partial charge on any atom is 0.460 e. The number of alkyl halides is 7. The fourth-order valence-electron chi connectivity index (χ4n) is 1.38. The zero-order valence-electron chi connectivity index (χ0n) is 10.3. The van der Waals surface area contributed by atoms with Gasteiger partial charge in [0.1, 0.15) is 0 Å². The molecule has 0 saturated heterocycles. The van der Waals surface area contributed by atoms with Crippen molar-refractivity contribution < 1.29 is 35.5 Å². The highest BCUT2D eigenvalue weighted by atomic mass is 19.4. The van der Waals surface area contributed by atoms with E-state index in [1.54, 1.807) is 6.92 Å². The average molecular weight is 302 g/mol. The first-order valence-corrected chi connectivity index (χ1v) is 5.27. The molecular weight excluding hydrogens is 293 g/mol. The van der Waals surface area contributed by atoms with Gasteiger partial charge in [-0.2, -0.15) is 30.7 Å². The number of hydrogen-bond donors (Lipinski definition) is 0. The van der Waals surface area contributed by atoms with Crippen LogP contribution in [0.4, 0.5) is 30.7 Å². The maximum atomic E-state index is 13.2. The van der Waals surface area contributed by atoms with E-state index in [0.29, 0.717) is 11.1 Å². The summed E-state index contributed by atoms with van der Waals surface area (Å²) in [6.45, 7) is 2.97. The lowest BCUT2D eigenvalue weighted by atomic mass is 9.97. The molecule has 0 aliphatic carbocycles. The number of halogens is 7. The molecule has 8 heteroatoms. The Kier molecular flexibility index (Phi) is 3.91. The average Bonchev–Trinajstić information content (AvgIpc) is 2.30. The second-order valence-electron chi connectivity index (χ2n) is 4.27. The third-order valence-corrected chi connectivity index (χ3v) is 2.80. The van der Waals surface area contributed by atoms with E-state index in [9.17, 15) is 35.5 Å². The van der Waals surface area contributed by atoms with Crippen LogP contribution in [0.3, 0.4) is 0 Å². The normalized spacial score (nSPS) is 13.4. The number of hydrogen-bond acceptors (Lipinski definition) is 1. The minimum Gasteiger partial charge on any atom is -0.287 e. The van der Waals surface area contributed by atoms with Crippen molar-refractivity contribution in [2.24, 2.45) is 0 Å². The lowest BCUT2D eigenvalue weighted by molar-refractivity contribution is -0.339. The lowest BCUT2D eigenvalue weighted by Gasteiger charge is -2.27. The third kappa shape index (κ3) is 2.51. The topological polar surface area (TPSA) is 17.1 Å². The monoisotopic (exact) mass is 302 g/mol. The molecule has 0 saturated carbocycles. The van der Waals surface area contributed by atoms with Gasteiger partial charge in [0.15, 0.2) is 0 Å². The fraction of sp³-hybridized carbons (Fsp3) is 0.417. The molecule has 0 aliphatic heterocycles. The van der Waals surface area contributed by atoms with Gasteiger partial charge in [-0.15, -0.1) is 0 Å². The predicted molar refractivity (Wildman–Crippen MR) is 56.2 cm³/mol. The SMILES string of the molecule is Cc1ccc(C(=O)C(F)(F)C(F)(F)C(F)(F)F)cc1C. The number of carbonyl (C=O) groups excluding carboxylic acids is 1. The number of ketones is 1. The molecule has 1 rings (SSSR count). The van der Waals surface area contributed by atoms with Gasteiger partial charge >= 0.3 is 18.0 Å². The first-order valence-electron chi connectivity index (χ1n) is 5.27. The van der Waals surface area contributed by atoms with Gasteiger partial charge in [0.25, 0.3) is 0 Å². The van der Waals surface area contributed by atoms with Gasteiger partial charge in [0.05, 0.1) is 0 Å². The van der Waals surface area contributed by atoms with Crippen molar-refractivity contribution in [3.63, 3.8) is 0 Å². The van der Waals surface area contributed by atoms with E-state index in [2.05, 4.69) is 0 Å². The summed E-state index contributed by atoms with van der Waals surface area (Å²) >= 11 is 0. The number of benzene rings is 1. The molecule has 20 heavy (non-hydrogen) atoms. The molecule has 0 aromatic heterocycles. The minimum atomic E-state index is -6.52. The van der Waals surface area contributed by atoms with Crippen molar-refractivity contribution in [3.05, 3.63) is 34.9 Å². The van der Waals surface area contributed by atoms with Crippen LogP contribution < -0.4 is 0 Å². The minimum absolute atomic E-state index is 0.321. The first-order chi connectivity index (χ1) is 8.82. The van der Waals surface area contributed by atoms with E-state index in [0.717, 1.165) is 12.1 Å². The molecule has 0 fully saturated rings. The van der Waals surface area contributed by atoms with Crippen LogP contribution in [-0.2, 0) is 0 Å². The number of rotatable bonds is 3. The second kappa shape index (κ2) is 4.75. The van der Waals surface area contributed by atoms with Crippen LogP contribution in [0.1, 0.15) is 21.5 Å². The highest BCUT2D eigenvalue weighted by Crippen LogP contribution is 2.47. The van der Waals surface area contributed by atoms with E-state index in [1.165, 1.54) is 13.0 Å². The number of aryl methyl sites for hydroxylation is 2. The highest BCUT2D eigenvalue weighted by Gasteiger charge is 2.76. The molecule has 0 bridgehead atoms. The summed E-state index contributed by atoms with van der Waals surface area (Å²) in [5, 5.41) is 0. The van der Waals surface area contributed by atoms with Crippen LogP contribution in [0.15, 0.2) is 18.2 Å². The Morgan fingerprint density at radius 3 is 1.80 bits per heavy atom. The third-order valence-electron chi connectivity index (χ3n) is 2.80. The summed E-state index contributed by atoms with van der Waals surface area (Å²) in [6.07, 6.45) is -6.52. The number of Topliss-reactive ketones (excluding diaryl/α,β-unsaturated/α-hetero) is 1. The van der Waals surface area contributed by atoms with Gasteiger partial charge in [-0.3, -0.25) is 4.79 Å². The largest absolute Gasteiger partial charge is 0.460 e. The quantitative estimate of drug-likeness (QED) is 0.600. The molecule has 0 heterocycles. The van der Waals surface area contributed by atoms with Gasteiger partial charge in [-0.1, -0.05) is 12.1 Å². The van der Waals surface area contributed by atoms with Gasteiger partial charge in [-0.25, -0.2) is 0 Å².